The Kier molecular flexibility index (Phi) is 7.97. The molecule has 1 aromatic carbocycles. The topological polar surface area (TPSA) is 73.2 Å². The van der Waals surface area contributed by atoms with Crippen molar-refractivity contribution >= 4 is 50.6 Å². The summed E-state index contributed by atoms with van der Waals surface area (Å²) in [7, 11) is 0. The summed E-state index contributed by atoms with van der Waals surface area (Å²) in [5, 5.41) is 8.02. The number of para-hydroxylation sites is 1. The molecule has 33 heavy (non-hydrogen) atoms. The Morgan fingerprint density at radius 3 is 2.73 bits per heavy atom. The molecule has 0 radical (unpaired) electrons. The van der Waals surface area contributed by atoms with Gasteiger partial charge < -0.3 is 10.1 Å². The summed E-state index contributed by atoms with van der Waals surface area (Å²) < 4.78 is 7.11. The van der Waals surface area contributed by atoms with Gasteiger partial charge in [0.1, 0.15) is 4.83 Å². The lowest BCUT2D eigenvalue weighted by molar-refractivity contribution is -0.118. The van der Waals surface area contributed by atoms with Crippen LogP contribution in [0.2, 0.25) is 0 Å². The molecule has 172 valence electrons. The minimum Gasteiger partial charge on any atom is -0.379 e. The van der Waals surface area contributed by atoms with Crippen LogP contribution >= 0.6 is 34.4 Å². The molecule has 0 bridgehead atoms. The van der Waals surface area contributed by atoms with Gasteiger partial charge in [-0.3, -0.25) is 14.2 Å². The van der Waals surface area contributed by atoms with Gasteiger partial charge in [0.2, 0.25) is 5.91 Å². The third-order valence-electron chi connectivity index (χ3n) is 4.80. The van der Waals surface area contributed by atoms with E-state index in [1.807, 2.05) is 67.1 Å². The van der Waals surface area contributed by atoms with E-state index >= 15 is 0 Å². The molecule has 6 nitrogen and oxygen atoms in total. The zero-order valence-electron chi connectivity index (χ0n) is 18.4. The summed E-state index contributed by atoms with van der Waals surface area (Å²) in [5.74, 6) is 0.0860. The number of benzene rings is 1. The van der Waals surface area contributed by atoms with Crippen LogP contribution in [0.25, 0.3) is 26.3 Å². The Bertz CT molecular complexity index is 1260. The van der Waals surface area contributed by atoms with Crippen LogP contribution in [-0.2, 0) is 9.53 Å². The molecule has 0 spiro atoms. The van der Waals surface area contributed by atoms with Crippen LogP contribution in [0.1, 0.15) is 20.3 Å². The number of thioether (sulfide) groups is 1. The summed E-state index contributed by atoms with van der Waals surface area (Å²) in [6.07, 6.45) is 0.943. The maximum atomic E-state index is 13.7. The van der Waals surface area contributed by atoms with Crippen LogP contribution in [0, 0.1) is 0 Å². The highest BCUT2D eigenvalue weighted by Gasteiger charge is 2.19. The first-order valence-corrected chi connectivity index (χ1v) is 13.4. The van der Waals surface area contributed by atoms with Crippen molar-refractivity contribution in [3.8, 4) is 16.1 Å². The molecule has 4 aromatic rings. The molecule has 1 amide bonds. The first-order valence-electron chi connectivity index (χ1n) is 10.7. The van der Waals surface area contributed by atoms with Crippen molar-refractivity contribution in [2.24, 2.45) is 0 Å². The molecule has 0 saturated heterocycles. The Hall–Kier alpha value is -2.46. The van der Waals surface area contributed by atoms with Gasteiger partial charge in [-0.25, -0.2) is 4.98 Å². The maximum Gasteiger partial charge on any atom is 0.268 e. The Labute approximate surface area is 204 Å². The average Bonchev–Trinajstić information content (AvgIpc) is 3.48. The predicted molar refractivity (Wildman–Crippen MR) is 138 cm³/mol. The number of hydrogen-bond donors (Lipinski definition) is 1. The van der Waals surface area contributed by atoms with Gasteiger partial charge in [0.05, 0.1) is 22.9 Å². The van der Waals surface area contributed by atoms with Gasteiger partial charge in [0.15, 0.2) is 5.16 Å². The zero-order valence-corrected chi connectivity index (χ0v) is 20.9. The fourth-order valence-corrected chi connectivity index (χ4v) is 5.93. The molecule has 3 aromatic heterocycles. The number of fused-ring (bicyclic) bond motifs is 1. The normalized spacial score (nSPS) is 11.4. The summed E-state index contributed by atoms with van der Waals surface area (Å²) in [6, 6.07) is 13.4. The van der Waals surface area contributed by atoms with E-state index in [4.69, 9.17) is 9.72 Å². The number of nitrogens with zero attached hydrogens (tertiary/aromatic N) is 2. The lowest BCUT2D eigenvalue weighted by Crippen LogP contribution is -2.28. The van der Waals surface area contributed by atoms with Gasteiger partial charge in [0.25, 0.3) is 5.56 Å². The molecule has 0 fully saturated rings. The van der Waals surface area contributed by atoms with Crippen molar-refractivity contribution in [1.29, 1.82) is 0 Å². The molecule has 0 atom stereocenters. The van der Waals surface area contributed by atoms with Gasteiger partial charge in [-0.05, 0) is 43.8 Å². The molecule has 0 saturated carbocycles. The van der Waals surface area contributed by atoms with Crippen molar-refractivity contribution in [2.45, 2.75) is 31.5 Å². The first-order chi connectivity index (χ1) is 16.0. The molecule has 0 unspecified atom stereocenters. The van der Waals surface area contributed by atoms with Crippen LogP contribution < -0.4 is 10.9 Å². The highest BCUT2D eigenvalue weighted by atomic mass is 32.2. The second-order valence-corrected chi connectivity index (χ2v) is 10.3. The van der Waals surface area contributed by atoms with Gasteiger partial charge in [0, 0.05) is 29.0 Å². The molecule has 9 heteroatoms. The van der Waals surface area contributed by atoms with E-state index in [1.165, 1.54) is 23.1 Å². The van der Waals surface area contributed by atoms with Crippen molar-refractivity contribution in [2.75, 3.05) is 18.9 Å². The molecular formula is C24H25N3O3S3. The molecule has 4 rings (SSSR count). The zero-order chi connectivity index (χ0) is 23.2. The predicted octanol–water partition coefficient (Wildman–Crippen LogP) is 5.20. The average molecular weight is 500 g/mol. The molecule has 3 heterocycles. The fourth-order valence-electron chi connectivity index (χ4n) is 3.29. The van der Waals surface area contributed by atoms with E-state index in [0.29, 0.717) is 28.5 Å². The molecular weight excluding hydrogens is 474 g/mol. The third-order valence-corrected chi connectivity index (χ3v) is 7.52. The minimum absolute atomic E-state index is 0.0936. The molecule has 1 N–H and O–H groups in total. The maximum absolute atomic E-state index is 13.7. The summed E-state index contributed by atoms with van der Waals surface area (Å²) in [5.41, 5.74) is 1.52. The highest BCUT2D eigenvalue weighted by molar-refractivity contribution is 7.99. The van der Waals surface area contributed by atoms with E-state index in [9.17, 15) is 9.59 Å². The van der Waals surface area contributed by atoms with Crippen LogP contribution in [0.5, 0.6) is 0 Å². The quantitative estimate of drug-likeness (QED) is 0.184. The van der Waals surface area contributed by atoms with Crippen LogP contribution in [0.4, 0.5) is 0 Å². The van der Waals surface area contributed by atoms with Crippen LogP contribution in [-0.4, -0.2) is 40.5 Å². The Morgan fingerprint density at radius 2 is 2.00 bits per heavy atom. The minimum atomic E-state index is -0.121. The summed E-state index contributed by atoms with van der Waals surface area (Å²) in [4.78, 5) is 32.6. The SMILES string of the molecule is CC(C)OCCCNC(=O)CSc1nc2scc(-c3cccs3)c2c(=O)n1-c1ccccc1. The second kappa shape index (κ2) is 11.1. The third kappa shape index (κ3) is 5.73. The summed E-state index contributed by atoms with van der Waals surface area (Å²) in [6.45, 7) is 5.14. The monoisotopic (exact) mass is 499 g/mol. The van der Waals surface area contributed by atoms with Gasteiger partial charge in [-0.15, -0.1) is 22.7 Å². The van der Waals surface area contributed by atoms with E-state index < -0.39 is 0 Å². The number of carbonyl (C=O) groups excluding carboxylic acids is 1. The van der Waals surface area contributed by atoms with Crippen LogP contribution in [0.3, 0.4) is 0 Å². The fraction of sp³-hybridized carbons (Fsp3) is 0.292. The van der Waals surface area contributed by atoms with Gasteiger partial charge in [-0.1, -0.05) is 36.0 Å². The number of nitrogens with one attached hydrogen (secondary N) is 1. The number of ether oxygens (including phenoxy) is 1. The smallest absolute Gasteiger partial charge is 0.268 e. The highest BCUT2D eigenvalue weighted by Crippen LogP contribution is 2.35. The number of hydrogen-bond acceptors (Lipinski definition) is 7. The second-order valence-electron chi connectivity index (χ2n) is 7.59. The van der Waals surface area contributed by atoms with Crippen molar-refractivity contribution in [1.82, 2.24) is 14.9 Å². The van der Waals surface area contributed by atoms with Gasteiger partial charge in [-0.2, -0.15) is 0 Å². The number of carbonyl (C=O) groups is 1. The molecule has 0 aliphatic carbocycles. The van der Waals surface area contributed by atoms with E-state index in [-0.39, 0.29) is 23.3 Å². The Balaban J connectivity index is 1.59. The largest absolute Gasteiger partial charge is 0.379 e. The lowest BCUT2D eigenvalue weighted by Gasteiger charge is -2.12. The standard InChI is InChI=1S/C24H25N3O3S3/c1-16(2)30-12-7-11-25-20(28)15-33-24-26-22-21(18(14-32-22)19-10-6-13-31-19)23(29)27(24)17-8-4-3-5-9-17/h3-6,8-10,13-14,16H,7,11-12,15H2,1-2H3,(H,25,28). The number of rotatable bonds is 10. The molecule has 0 aliphatic rings. The van der Waals surface area contributed by atoms with E-state index in [0.717, 1.165) is 22.5 Å². The van der Waals surface area contributed by atoms with Crippen molar-refractivity contribution in [3.05, 3.63) is 63.6 Å². The van der Waals surface area contributed by atoms with E-state index in [2.05, 4.69) is 5.32 Å². The first kappa shape index (κ1) is 23.7. The Morgan fingerprint density at radius 1 is 1.18 bits per heavy atom. The van der Waals surface area contributed by atoms with Crippen molar-refractivity contribution in [3.63, 3.8) is 0 Å². The number of amides is 1. The lowest BCUT2D eigenvalue weighted by atomic mass is 10.2. The number of aromatic nitrogens is 2. The van der Waals surface area contributed by atoms with E-state index in [1.54, 1.807) is 15.9 Å². The molecule has 0 aliphatic heterocycles. The number of thiophene rings is 2. The van der Waals surface area contributed by atoms with Crippen molar-refractivity contribution < 1.29 is 9.53 Å². The van der Waals surface area contributed by atoms with Gasteiger partial charge >= 0.3 is 0 Å². The van der Waals surface area contributed by atoms with Crippen LogP contribution in [0.15, 0.2) is 63.2 Å². The summed E-state index contributed by atoms with van der Waals surface area (Å²) >= 11 is 4.33.